The second-order valence-corrected chi connectivity index (χ2v) is 7.31. The first-order valence-corrected chi connectivity index (χ1v) is 9.65. The van der Waals surface area contributed by atoms with E-state index in [4.69, 9.17) is 0 Å². The van der Waals surface area contributed by atoms with Crippen molar-refractivity contribution in [3.05, 3.63) is 0 Å². The predicted octanol–water partition coefficient (Wildman–Crippen LogP) is 3.24. The van der Waals surface area contributed by atoms with Gasteiger partial charge in [-0.2, -0.15) is 11.8 Å². The van der Waals surface area contributed by atoms with E-state index in [1.54, 1.807) is 0 Å². The number of carbonyl (C=O) groups is 1. The highest BCUT2D eigenvalue weighted by molar-refractivity contribution is 7.98. The van der Waals surface area contributed by atoms with Crippen LogP contribution < -0.4 is 5.32 Å². The maximum atomic E-state index is 12.7. The van der Waals surface area contributed by atoms with E-state index in [0.717, 1.165) is 18.6 Å². The van der Waals surface area contributed by atoms with E-state index >= 15 is 0 Å². The fourth-order valence-electron chi connectivity index (χ4n) is 3.74. The molecule has 1 N–H and O–H groups in total. The van der Waals surface area contributed by atoms with Crippen molar-refractivity contribution in [1.29, 1.82) is 0 Å². The Bertz CT molecular complexity index is 318. The van der Waals surface area contributed by atoms with Gasteiger partial charge in [0.25, 0.3) is 0 Å². The minimum atomic E-state index is 0.0739. The molecule has 3 nitrogen and oxygen atoms in total. The number of rotatable bonds is 7. The van der Waals surface area contributed by atoms with E-state index in [-0.39, 0.29) is 6.04 Å². The summed E-state index contributed by atoms with van der Waals surface area (Å²) in [5, 5.41) is 3.67. The first-order chi connectivity index (χ1) is 9.69. The molecule has 1 aliphatic heterocycles. The van der Waals surface area contributed by atoms with E-state index in [1.165, 1.54) is 32.1 Å². The highest BCUT2D eigenvalue weighted by Gasteiger charge is 2.44. The molecule has 0 aromatic carbocycles. The molecule has 1 aliphatic carbocycles. The van der Waals surface area contributed by atoms with Gasteiger partial charge in [-0.25, -0.2) is 0 Å². The van der Waals surface area contributed by atoms with Crippen LogP contribution in [0.5, 0.6) is 0 Å². The third-order valence-corrected chi connectivity index (χ3v) is 5.62. The van der Waals surface area contributed by atoms with Crippen LogP contribution in [0.4, 0.5) is 0 Å². The molecular formula is C16H30N2OS. The molecule has 1 saturated carbocycles. The summed E-state index contributed by atoms with van der Waals surface area (Å²) in [6, 6.07) is 0.423. The molecule has 3 unspecified atom stereocenters. The first-order valence-electron chi connectivity index (χ1n) is 8.26. The molecule has 2 rings (SSSR count). The summed E-state index contributed by atoms with van der Waals surface area (Å²) < 4.78 is 0. The molecule has 1 heterocycles. The van der Waals surface area contributed by atoms with E-state index in [1.807, 2.05) is 11.8 Å². The summed E-state index contributed by atoms with van der Waals surface area (Å²) in [5.41, 5.74) is 0. The molecular weight excluding hydrogens is 268 g/mol. The van der Waals surface area contributed by atoms with E-state index in [0.29, 0.717) is 24.0 Å². The Balaban J connectivity index is 2.07. The lowest BCUT2D eigenvalue weighted by atomic mass is 10.0. The summed E-state index contributed by atoms with van der Waals surface area (Å²) in [6.45, 7) is 4.40. The Morgan fingerprint density at radius 1 is 1.40 bits per heavy atom. The number of amides is 1. The topological polar surface area (TPSA) is 32.3 Å². The van der Waals surface area contributed by atoms with Crippen molar-refractivity contribution >= 4 is 17.7 Å². The van der Waals surface area contributed by atoms with Gasteiger partial charge in [0.2, 0.25) is 5.91 Å². The molecule has 2 fully saturated rings. The fraction of sp³-hybridized carbons (Fsp3) is 0.938. The van der Waals surface area contributed by atoms with Gasteiger partial charge in [-0.1, -0.05) is 32.6 Å². The quantitative estimate of drug-likeness (QED) is 0.783. The number of carbonyl (C=O) groups excluding carboxylic acids is 1. The minimum absolute atomic E-state index is 0.0739. The molecule has 0 spiro atoms. The summed E-state index contributed by atoms with van der Waals surface area (Å²) >= 11 is 1.84. The summed E-state index contributed by atoms with van der Waals surface area (Å²) in [7, 11) is 0. The summed E-state index contributed by atoms with van der Waals surface area (Å²) in [5.74, 6) is 2.07. The van der Waals surface area contributed by atoms with Gasteiger partial charge in [0.15, 0.2) is 0 Å². The van der Waals surface area contributed by atoms with E-state index in [2.05, 4.69) is 30.3 Å². The zero-order valence-corrected chi connectivity index (χ0v) is 14.0. The largest absolute Gasteiger partial charge is 0.322 e. The van der Waals surface area contributed by atoms with Crippen molar-refractivity contribution in [3.63, 3.8) is 0 Å². The van der Waals surface area contributed by atoms with Crippen LogP contribution in [0.3, 0.4) is 0 Å². The van der Waals surface area contributed by atoms with Crippen molar-refractivity contribution in [2.75, 3.05) is 12.0 Å². The minimum Gasteiger partial charge on any atom is -0.322 e. The van der Waals surface area contributed by atoms with Gasteiger partial charge in [0, 0.05) is 11.8 Å². The van der Waals surface area contributed by atoms with Crippen molar-refractivity contribution in [1.82, 2.24) is 10.2 Å². The van der Waals surface area contributed by atoms with Crippen LogP contribution in [0.2, 0.25) is 0 Å². The molecule has 116 valence electrons. The van der Waals surface area contributed by atoms with Crippen molar-refractivity contribution in [3.8, 4) is 0 Å². The molecule has 0 aromatic heterocycles. The third kappa shape index (κ3) is 3.51. The molecule has 1 saturated heterocycles. The molecule has 0 aromatic rings. The highest BCUT2D eigenvalue weighted by atomic mass is 32.2. The van der Waals surface area contributed by atoms with Crippen LogP contribution in [0.1, 0.15) is 58.8 Å². The maximum Gasteiger partial charge on any atom is 0.241 e. The third-order valence-electron chi connectivity index (χ3n) is 4.80. The lowest BCUT2D eigenvalue weighted by Crippen LogP contribution is -2.47. The van der Waals surface area contributed by atoms with Gasteiger partial charge < -0.3 is 4.90 Å². The summed E-state index contributed by atoms with van der Waals surface area (Å²) in [4.78, 5) is 14.9. The zero-order chi connectivity index (χ0) is 14.5. The number of hydrogen-bond donors (Lipinski definition) is 1. The Morgan fingerprint density at radius 3 is 2.70 bits per heavy atom. The fourth-order valence-corrected chi connectivity index (χ4v) is 4.38. The Kier molecular flexibility index (Phi) is 6.21. The molecule has 1 amide bonds. The maximum absolute atomic E-state index is 12.7. The number of unbranched alkanes of at least 4 members (excludes halogenated alkanes) is 1. The van der Waals surface area contributed by atoms with Gasteiger partial charge in [-0.05, 0) is 38.4 Å². The number of nitrogens with one attached hydrogen (secondary N) is 1. The van der Waals surface area contributed by atoms with Gasteiger partial charge >= 0.3 is 0 Å². The normalized spacial score (nSPS) is 29.4. The molecule has 20 heavy (non-hydrogen) atoms. The lowest BCUT2D eigenvalue weighted by molar-refractivity contribution is -0.132. The van der Waals surface area contributed by atoms with Gasteiger partial charge in [-0.3, -0.25) is 10.1 Å². The van der Waals surface area contributed by atoms with Gasteiger partial charge in [0.05, 0.1) is 12.2 Å². The molecule has 2 aliphatic rings. The van der Waals surface area contributed by atoms with Crippen LogP contribution in [-0.2, 0) is 4.79 Å². The second kappa shape index (κ2) is 7.69. The zero-order valence-electron chi connectivity index (χ0n) is 13.2. The van der Waals surface area contributed by atoms with E-state index < -0.39 is 0 Å². The van der Waals surface area contributed by atoms with Crippen molar-refractivity contribution in [2.24, 2.45) is 5.92 Å². The monoisotopic (exact) mass is 298 g/mol. The van der Waals surface area contributed by atoms with Crippen LogP contribution in [0, 0.1) is 5.92 Å². The van der Waals surface area contributed by atoms with Crippen LogP contribution in [-0.4, -0.2) is 41.1 Å². The molecule has 3 atom stereocenters. The first kappa shape index (κ1) is 16.2. The van der Waals surface area contributed by atoms with Gasteiger partial charge in [-0.15, -0.1) is 0 Å². The highest BCUT2D eigenvalue weighted by Crippen LogP contribution is 2.34. The Labute approximate surface area is 128 Å². The van der Waals surface area contributed by atoms with Gasteiger partial charge in [0.1, 0.15) is 0 Å². The van der Waals surface area contributed by atoms with Crippen LogP contribution >= 0.6 is 11.8 Å². The second-order valence-electron chi connectivity index (χ2n) is 6.40. The standard InChI is InChI=1S/C16H30N2OS/c1-4-5-10-14-16(19)18(12(2)11-20-3)15(17-14)13-8-6-7-9-13/h12-15,17H,4-11H2,1-3H3. The number of hydrogen-bond acceptors (Lipinski definition) is 3. The summed E-state index contributed by atoms with van der Waals surface area (Å²) in [6.07, 6.45) is 11.0. The lowest BCUT2D eigenvalue weighted by Gasteiger charge is -2.33. The SMILES string of the molecule is CCCCC1NC(C2CCCC2)N(C(C)CSC)C1=O. The van der Waals surface area contributed by atoms with Crippen molar-refractivity contribution < 1.29 is 4.79 Å². The molecule has 0 radical (unpaired) electrons. The molecule has 0 bridgehead atoms. The average Bonchev–Trinajstić information content (AvgIpc) is 3.04. The Hall–Kier alpha value is -0.220. The predicted molar refractivity (Wildman–Crippen MR) is 86.9 cm³/mol. The Morgan fingerprint density at radius 2 is 2.10 bits per heavy atom. The number of thioether (sulfide) groups is 1. The van der Waals surface area contributed by atoms with Crippen molar-refractivity contribution in [2.45, 2.75) is 77.0 Å². The average molecular weight is 298 g/mol. The smallest absolute Gasteiger partial charge is 0.241 e. The van der Waals surface area contributed by atoms with E-state index in [9.17, 15) is 4.79 Å². The van der Waals surface area contributed by atoms with Crippen LogP contribution in [0.25, 0.3) is 0 Å². The number of nitrogens with zero attached hydrogens (tertiary/aromatic N) is 1. The van der Waals surface area contributed by atoms with Crippen LogP contribution in [0.15, 0.2) is 0 Å². The molecule has 4 heteroatoms.